The number of nitrogens with one attached hydrogen (secondary N) is 1. The fourth-order valence-electron chi connectivity index (χ4n) is 2.28. The van der Waals surface area contributed by atoms with Crippen LogP contribution in [0.2, 0.25) is 0 Å². The molecule has 2 aromatic carbocycles. The Labute approximate surface area is 159 Å². The van der Waals surface area contributed by atoms with Gasteiger partial charge in [-0.15, -0.1) is 0 Å². The van der Waals surface area contributed by atoms with Crippen molar-refractivity contribution in [2.24, 2.45) is 5.73 Å². The van der Waals surface area contributed by atoms with Crippen molar-refractivity contribution in [3.63, 3.8) is 0 Å². The summed E-state index contributed by atoms with van der Waals surface area (Å²) in [6, 6.07) is 12.9. The molecule has 9 heteroatoms. The molecule has 7 nitrogen and oxygen atoms in total. The average Bonchev–Trinajstić information content (AvgIpc) is 3.08. The standard InChI is InChI=1S/C17H15BrN4O3S/c1-11-10-14(6-7-15(11)18)26(24,25)21-12-2-4-13(5-3-12)22-9-8-16(20-22)17(19)23/h2-10,21H,1H3,(H2,19,23). The van der Waals surface area contributed by atoms with E-state index in [9.17, 15) is 13.2 Å². The maximum absolute atomic E-state index is 12.5. The molecule has 0 spiro atoms. The first-order chi connectivity index (χ1) is 12.3. The van der Waals surface area contributed by atoms with E-state index in [0.29, 0.717) is 11.4 Å². The summed E-state index contributed by atoms with van der Waals surface area (Å²) in [4.78, 5) is 11.3. The van der Waals surface area contributed by atoms with Crippen LogP contribution in [0.25, 0.3) is 5.69 Å². The van der Waals surface area contributed by atoms with Gasteiger partial charge in [-0.2, -0.15) is 5.10 Å². The number of benzene rings is 2. The molecule has 0 fully saturated rings. The van der Waals surface area contributed by atoms with Crippen LogP contribution >= 0.6 is 15.9 Å². The van der Waals surface area contributed by atoms with E-state index in [2.05, 4.69) is 25.8 Å². The van der Waals surface area contributed by atoms with Gasteiger partial charge in [0.15, 0.2) is 0 Å². The van der Waals surface area contributed by atoms with Gasteiger partial charge in [0.05, 0.1) is 10.6 Å². The van der Waals surface area contributed by atoms with Crippen molar-refractivity contribution in [2.75, 3.05) is 4.72 Å². The third kappa shape index (κ3) is 3.78. The first kappa shape index (κ1) is 18.2. The van der Waals surface area contributed by atoms with E-state index >= 15 is 0 Å². The van der Waals surface area contributed by atoms with Crippen LogP contribution in [0.3, 0.4) is 0 Å². The van der Waals surface area contributed by atoms with Crippen molar-refractivity contribution in [1.82, 2.24) is 9.78 Å². The molecule has 0 bridgehead atoms. The molecule has 0 saturated carbocycles. The molecular formula is C17H15BrN4O3S. The monoisotopic (exact) mass is 434 g/mol. The first-order valence-corrected chi connectivity index (χ1v) is 9.79. The van der Waals surface area contributed by atoms with Gasteiger partial charge in [-0.25, -0.2) is 13.1 Å². The highest BCUT2D eigenvalue weighted by Crippen LogP contribution is 2.22. The number of nitrogens with zero attached hydrogens (tertiary/aromatic N) is 2. The quantitative estimate of drug-likeness (QED) is 0.643. The maximum atomic E-state index is 12.5. The summed E-state index contributed by atoms with van der Waals surface area (Å²) >= 11 is 3.35. The summed E-state index contributed by atoms with van der Waals surface area (Å²) in [7, 11) is -3.69. The van der Waals surface area contributed by atoms with E-state index in [4.69, 9.17) is 5.73 Å². The van der Waals surface area contributed by atoms with Gasteiger partial charge in [0.2, 0.25) is 0 Å². The Morgan fingerprint density at radius 2 is 1.85 bits per heavy atom. The number of halogens is 1. The van der Waals surface area contributed by atoms with Gasteiger partial charge < -0.3 is 5.73 Å². The molecular weight excluding hydrogens is 420 g/mol. The summed E-state index contributed by atoms with van der Waals surface area (Å²) in [5.74, 6) is -0.613. The van der Waals surface area contributed by atoms with Crippen LogP contribution in [-0.4, -0.2) is 24.1 Å². The smallest absolute Gasteiger partial charge is 0.269 e. The second-order valence-corrected chi connectivity index (χ2v) is 8.11. The van der Waals surface area contributed by atoms with E-state index < -0.39 is 15.9 Å². The van der Waals surface area contributed by atoms with Gasteiger partial charge >= 0.3 is 0 Å². The van der Waals surface area contributed by atoms with Crippen LogP contribution < -0.4 is 10.5 Å². The lowest BCUT2D eigenvalue weighted by Crippen LogP contribution is -2.13. The third-order valence-electron chi connectivity index (χ3n) is 3.67. The molecule has 3 aromatic rings. The zero-order valence-corrected chi connectivity index (χ0v) is 16.1. The van der Waals surface area contributed by atoms with Crippen molar-refractivity contribution in [3.05, 3.63) is 70.5 Å². The number of rotatable bonds is 5. The van der Waals surface area contributed by atoms with E-state index in [1.165, 1.54) is 16.8 Å². The van der Waals surface area contributed by atoms with Crippen LogP contribution in [0.5, 0.6) is 0 Å². The summed E-state index contributed by atoms with van der Waals surface area (Å²) in [5.41, 5.74) is 7.24. The summed E-state index contributed by atoms with van der Waals surface area (Å²) < 4.78 is 29.9. The maximum Gasteiger partial charge on any atom is 0.269 e. The van der Waals surface area contributed by atoms with Crippen LogP contribution in [0.1, 0.15) is 16.1 Å². The van der Waals surface area contributed by atoms with Gasteiger partial charge in [0.1, 0.15) is 5.69 Å². The van der Waals surface area contributed by atoms with Crippen molar-refractivity contribution in [3.8, 4) is 5.69 Å². The Morgan fingerprint density at radius 1 is 1.15 bits per heavy atom. The Balaban J connectivity index is 1.82. The minimum absolute atomic E-state index is 0.153. The second-order valence-electron chi connectivity index (χ2n) is 5.57. The highest BCUT2D eigenvalue weighted by atomic mass is 79.9. The molecule has 0 saturated heterocycles. The lowest BCUT2D eigenvalue weighted by molar-refractivity contribution is 0.0995. The molecule has 0 radical (unpaired) electrons. The predicted octanol–water partition coefficient (Wildman–Crippen LogP) is 2.84. The fourth-order valence-corrected chi connectivity index (χ4v) is 3.67. The normalized spacial score (nSPS) is 11.3. The number of aromatic nitrogens is 2. The molecule has 1 amide bonds. The topological polar surface area (TPSA) is 107 Å². The number of anilines is 1. The molecule has 3 rings (SSSR count). The van der Waals surface area contributed by atoms with Gasteiger partial charge in [0.25, 0.3) is 15.9 Å². The number of hydrogen-bond acceptors (Lipinski definition) is 4. The number of aryl methyl sites for hydroxylation is 1. The lowest BCUT2D eigenvalue weighted by atomic mass is 10.2. The molecule has 0 aliphatic rings. The van der Waals surface area contributed by atoms with Crippen LogP contribution in [0.4, 0.5) is 5.69 Å². The summed E-state index contributed by atoms with van der Waals surface area (Å²) in [6.45, 7) is 1.82. The van der Waals surface area contributed by atoms with Crippen molar-refractivity contribution in [1.29, 1.82) is 0 Å². The van der Waals surface area contributed by atoms with E-state index in [0.717, 1.165) is 10.0 Å². The Bertz CT molecular complexity index is 1080. The van der Waals surface area contributed by atoms with E-state index in [-0.39, 0.29) is 10.6 Å². The van der Waals surface area contributed by atoms with Gasteiger partial charge in [-0.05, 0) is 61.0 Å². The number of primary amides is 1. The molecule has 0 aliphatic carbocycles. The van der Waals surface area contributed by atoms with Crippen LogP contribution in [-0.2, 0) is 10.0 Å². The fraction of sp³-hybridized carbons (Fsp3) is 0.0588. The Hall–Kier alpha value is -2.65. The first-order valence-electron chi connectivity index (χ1n) is 7.51. The van der Waals surface area contributed by atoms with Crippen molar-refractivity contribution < 1.29 is 13.2 Å². The lowest BCUT2D eigenvalue weighted by Gasteiger charge is -2.10. The van der Waals surface area contributed by atoms with Gasteiger partial charge in [0, 0.05) is 16.4 Å². The molecule has 0 aliphatic heterocycles. The number of nitrogens with two attached hydrogens (primary N) is 1. The zero-order valence-electron chi connectivity index (χ0n) is 13.7. The number of sulfonamides is 1. The SMILES string of the molecule is Cc1cc(S(=O)(=O)Nc2ccc(-n3ccc(C(N)=O)n3)cc2)ccc1Br. The third-order valence-corrected chi connectivity index (χ3v) is 5.93. The van der Waals surface area contributed by atoms with Gasteiger partial charge in [-0.1, -0.05) is 15.9 Å². The largest absolute Gasteiger partial charge is 0.364 e. The number of carbonyl (C=O) groups is 1. The van der Waals surface area contributed by atoms with E-state index in [1.807, 2.05) is 6.92 Å². The predicted molar refractivity (Wildman–Crippen MR) is 102 cm³/mol. The Kier molecular flexibility index (Phi) is 4.84. The van der Waals surface area contributed by atoms with Crippen LogP contribution in [0, 0.1) is 6.92 Å². The van der Waals surface area contributed by atoms with Crippen molar-refractivity contribution in [2.45, 2.75) is 11.8 Å². The van der Waals surface area contributed by atoms with Crippen LogP contribution in [0.15, 0.2) is 64.1 Å². The average molecular weight is 435 g/mol. The molecule has 0 unspecified atom stereocenters. The molecule has 1 heterocycles. The molecule has 3 N–H and O–H groups in total. The van der Waals surface area contributed by atoms with E-state index in [1.54, 1.807) is 42.6 Å². The van der Waals surface area contributed by atoms with Crippen molar-refractivity contribution >= 4 is 37.5 Å². The second kappa shape index (κ2) is 6.93. The zero-order chi connectivity index (χ0) is 18.9. The minimum atomic E-state index is -3.69. The Morgan fingerprint density at radius 3 is 2.42 bits per heavy atom. The number of carbonyl (C=O) groups excluding carboxylic acids is 1. The highest BCUT2D eigenvalue weighted by Gasteiger charge is 2.15. The molecule has 0 atom stereocenters. The molecule has 1 aromatic heterocycles. The number of amides is 1. The minimum Gasteiger partial charge on any atom is -0.364 e. The summed E-state index contributed by atoms with van der Waals surface area (Å²) in [5, 5.41) is 4.05. The highest BCUT2D eigenvalue weighted by molar-refractivity contribution is 9.10. The molecule has 134 valence electrons. The summed E-state index contributed by atoms with van der Waals surface area (Å²) in [6.07, 6.45) is 1.60. The van der Waals surface area contributed by atoms with Gasteiger partial charge in [-0.3, -0.25) is 9.52 Å². The molecule has 26 heavy (non-hydrogen) atoms. The number of hydrogen-bond donors (Lipinski definition) is 2.